The van der Waals surface area contributed by atoms with Gasteiger partial charge in [0.2, 0.25) is 0 Å². The lowest BCUT2D eigenvalue weighted by Crippen LogP contribution is -2.40. The largest absolute Gasteiger partial charge is 0.316 e. The van der Waals surface area contributed by atoms with Crippen LogP contribution in [0, 0.1) is 5.92 Å². The van der Waals surface area contributed by atoms with Gasteiger partial charge in [-0.05, 0) is 44.5 Å². The monoisotopic (exact) mass is 275 g/mol. The number of benzene rings is 1. The van der Waals surface area contributed by atoms with Crippen LogP contribution in [0.4, 0.5) is 4.39 Å². The minimum Gasteiger partial charge on any atom is -0.316 e. The highest BCUT2D eigenvalue weighted by Crippen LogP contribution is 2.41. The molecular formula is C13H16Cl2FN. The molecule has 2 atom stereocenters. The van der Waals surface area contributed by atoms with E-state index in [4.69, 9.17) is 23.2 Å². The van der Waals surface area contributed by atoms with Crippen molar-refractivity contribution in [2.45, 2.75) is 25.4 Å². The minimum atomic E-state index is -1.44. The van der Waals surface area contributed by atoms with Crippen LogP contribution in [0.15, 0.2) is 18.2 Å². The van der Waals surface area contributed by atoms with Crippen LogP contribution in [0.3, 0.4) is 0 Å². The number of alkyl halides is 1. The third-order valence-electron chi connectivity index (χ3n) is 3.52. The third kappa shape index (κ3) is 2.75. The van der Waals surface area contributed by atoms with Gasteiger partial charge in [-0.1, -0.05) is 23.2 Å². The Labute approximate surface area is 111 Å². The topological polar surface area (TPSA) is 12.0 Å². The summed E-state index contributed by atoms with van der Waals surface area (Å²) in [5, 5.41) is 4.20. The molecular weight excluding hydrogens is 260 g/mol. The lowest BCUT2D eigenvalue weighted by molar-refractivity contribution is 0.0813. The van der Waals surface area contributed by atoms with Gasteiger partial charge in [0.1, 0.15) is 5.67 Å². The van der Waals surface area contributed by atoms with Crippen molar-refractivity contribution >= 4 is 23.2 Å². The van der Waals surface area contributed by atoms with Crippen molar-refractivity contribution in [2.24, 2.45) is 5.92 Å². The van der Waals surface area contributed by atoms with Gasteiger partial charge in [-0.15, -0.1) is 0 Å². The predicted molar refractivity (Wildman–Crippen MR) is 70.5 cm³/mol. The molecule has 0 radical (unpaired) electrons. The third-order valence-corrected chi connectivity index (χ3v) is 4.08. The van der Waals surface area contributed by atoms with E-state index in [1.54, 1.807) is 25.1 Å². The van der Waals surface area contributed by atoms with Crippen molar-refractivity contribution in [1.29, 1.82) is 0 Å². The molecule has 17 heavy (non-hydrogen) atoms. The quantitative estimate of drug-likeness (QED) is 0.854. The highest BCUT2D eigenvalue weighted by molar-refractivity contribution is 6.33. The van der Waals surface area contributed by atoms with Gasteiger partial charge in [0, 0.05) is 28.1 Å². The lowest BCUT2D eigenvalue weighted by Gasteiger charge is -2.34. The molecule has 1 fully saturated rings. The standard InChI is InChI=1S/C13H16Cl2FN/c1-13(16,9-3-2-6-17-8-9)11-7-10(14)4-5-12(11)15/h4-5,7,9,17H,2-3,6,8H2,1H3. The molecule has 1 aliphatic heterocycles. The van der Waals surface area contributed by atoms with Crippen LogP contribution in [0.5, 0.6) is 0 Å². The van der Waals surface area contributed by atoms with Gasteiger partial charge in [-0.3, -0.25) is 0 Å². The first-order valence-electron chi connectivity index (χ1n) is 5.87. The smallest absolute Gasteiger partial charge is 0.138 e. The summed E-state index contributed by atoms with van der Waals surface area (Å²) in [5.74, 6) is -0.0489. The van der Waals surface area contributed by atoms with Gasteiger partial charge in [0.05, 0.1) is 0 Å². The molecule has 2 unspecified atom stereocenters. The van der Waals surface area contributed by atoms with Gasteiger partial charge in [-0.2, -0.15) is 0 Å². The Morgan fingerprint density at radius 2 is 2.18 bits per heavy atom. The summed E-state index contributed by atoms with van der Waals surface area (Å²) < 4.78 is 15.0. The molecule has 1 nitrogen and oxygen atoms in total. The average Bonchev–Trinajstić information content (AvgIpc) is 2.33. The zero-order valence-corrected chi connectivity index (χ0v) is 11.3. The summed E-state index contributed by atoms with van der Waals surface area (Å²) in [4.78, 5) is 0. The zero-order chi connectivity index (χ0) is 12.5. The van der Waals surface area contributed by atoms with E-state index in [1.165, 1.54) is 0 Å². The number of nitrogens with one attached hydrogen (secondary N) is 1. The van der Waals surface area contributed by atoms with E-state index in [0.29, 0.717) is 22.2 Å². The molecule has 1 aromatic rings. The molecule has 2 rings (SSSR count). The second-order valence-electron chi connectivity index (χ2n) is 4.74. The Bertz CT molecular complexity index is 400. The SMILES string of the molecule is CC(F)(c1cc(Cl)ccc1Cl)C1CCCNC1. The molecule has 0 amide bonds. The zero-order valence-electron chi connectivity index (χ0n) is 9.77. The lowest BCUT2D eigenvalue weighted by atomic mass is 9.80. The maximum atomic E-state index is 15.0. The molecule has 1 aliphatic rings. The molecule has 1 heterocycles. The Hall–Kier alpha value is -0.310. The highest BCUT2D eigenvalue weighted by atomic mass is 35.5. The number of hydrogen-bond acceptors (Lipinski definition) is 1. The Balaban J connectivity index is 2.32. The summed E-state index contributed by atoms with van der Waals surface area (Å²) in [7, 11) is 0. The van der Waals surface area contributed by atoms with Crippen molar-refractivity contribution in [3.05, 3.63) is 33.8 Å². The van der Waals surface area contributed by atoms with E-state index in [0.717, 1.165) is 19.4 Å². The van der Waals surface area contributed by atoms with Gasteiger partial charge in [-0.25, -0.2) is 4.39 Å². The fourth-order valence-electron chi connectivity index (χ4n) is 2.41. The average molecular weight is 276 g/mol. The van der Waals surface area contributed by atoms with E-state index in [1.807, 2.05) is 0 Å². The van der Waals surface area contributed by atoms with E-state index >= 15 is 0 Å². The van der Waals surface area contributed by atoms with Crippen molar-refractivity contribution in [1.82, 2.24) is 5.32 Å². The van der Waals surface area contributed by atoms with E-state index in [-0.39, 0.29) is 5.92 Å². The molecule has 4 heteroatoms. The van der Waals surface area contributed by atoms with Gasteiger partial charge in [0.25, 0.3) is 0 Å². The molecule has 0 aliphatic carbocycles. The normalized spacial score (nSPS) is 24.4. The van der Waals surface area contributed by atoms with Crippen LogP contribution in [0.1, 0.15) is 25.3 Å². The molecule has 0 aromatic heterocycles. The summed E-state index contributed by atoms with van der Waals surface area (Å²) in [5.41, 5.74) is -0.935. The summed E-state index contributed by atoms with van der Waals surface area (Å²) >= 11 is 12.0. The van der Waals surface area contributed by atoms with Crippen LogP contribution < -0.4 is 5.32 Å². The first-order valence-corrected chi connectivity index (χ1v) is 6.62. The number of piperidine rings is 1. The van der Waals surface area contributed by atoms with Crippen molar-refractivity contribution < 1.29 is 4.39 Å². The van der Waals surface area contributed by atoms with E-state index in [9.17, 15) is 4.39 Å². The maximum Gasteiger partial charge on any atom is 0.138 e. The molecule has 0 bridgehead atoms. The molecule has 1 saturated heterocycles. The number of rotatable bonds is 2. The fraction of sp³-hybridized carbons (Fsp3) is 0.538. The fourth-order valence-corrected chi connectivity index (χ4v) is 2.88. The van der Waals surface area contributed by atoms with Crippen LogP contribution in [-0.2, 0) is 5.67 Å². The Kier molecular flexibility index (Phi) is 3.96. The van der Waals surface area contributed by atoms with Gasteiger partial charge < -0.3 is 5.32 Å². The highest BCUT2D eigenvalue weighted by Gasteiger charge is 2.38. The molecule has 1 aromatic carbocycles. The predicted octanol–water partition coefficient (Wildman–Crippen LogP) is 4.18. The summed E-state index contributed by atoms with van der Waals surface area (Å²) in [6.45, 7) is 3.26. The van der Waals surface area contributed by atoms with Crippen LogP contribution in [0.25, 0.3) is 0 Å². The van der Waals surface area contributed by atoms with Crippen LogP contribution in [0.2, 0.25) is 10.0 Å². The summed E-state index contributed by atoms with van der Waals surface area (Å²) in [6.07, 6.45) is 1.88. The Morgan fingerprint density at radius 1 is 1.41 bits per heavy atom. The summed E-state index contributed by atoms with van der Waals surface area (Å²) in [6, 6.07) is 4.98. The Morgan fingerprint density at radius 3 is 2.82 bits per heavy atom. The van der Waals surface area contributed by atoms with Crippen molar-refractivity contribution in [2.75, 3.05) is 13.1 Å². The maximum absolute atomic E-state index is 15.0. The van der Waals surface area contributed by atoms with Gasteiger partial charge in [0.15, 0.2) is 0 Å². The first-order chi connectivity index (χ1) is 8.01. The van der Waals surface area contributed by atoms with E-state index in [2.05, 4.69) is 5.32 Å². The van der Waals surface area contributed by atoms with Crippen LogP contribution >= 0.6 is 23.2 Å². The van der Waals surface area contributed by atoms with Crippen LogP contribution in [-0.4, -0.2) is 13.1 Å². The van der Waals surface area contributed by atoms with Crippen molar-refractivity contribution in [3.63, 3.8) is 0 Å². The second-order valence-corrected chi connectivity index (χ2v) is 5.59. The molecule has 94 valence electrons. The molecule has 0 saturated carbocycles. The number of halogens is 3. The second kappa shape index (κ2) is 5.13. The van der Waals surface area contributed by atoms with E-state index < -0.39 is 5.67 Å². The van der Waals surface area contributed by atoms with Gasteiger partial charge >= 0.3 is 0 Å². The number of hydrogen-bond donors (Lipinski definition) is 1. The minimum absolute atomic E-state index is 0.0489. The molecule has 1 N–H and O–H groups in total. The first kappa shape index (κ1) is 13.1. The molecule has 0 spiro atoms. The van der Waals surface area contributed by atoms with Crippen molar-refractivity contribution in [3.8, 4) is 0 Å².